The molecule has 1 spiro atoms. The van der Waals surface area contributed by atoms with Gasteiger partial charge in [0.15, 0.2) is 5.79 Å². The van der Waals surface area contributed by atoms with Crippen LogP contribution in [0.5, 0.6) is 0 Å². The van der Waals surface area contributed by atoms with Crippen molar-refractivity contribution in [1.29, 1.82) is 0 Å². The van der Waals surface area contributed by atoms with E-state index in [2.05, 4.69) is 5.32 Å². The molecule has 6 heteroatoms. The summed E-state index contributed by atoms with van der Waals surface area (Å²) in [5.74, 6) is 0.0714. The SMILES string of the molecule is CC(C)(C)NC(=O)C1CCC(C(=O)N2CCC3(CC2)OCCO3)CC1. The molecule has 0 aromatic heterocycles. The molecule has 2 amide bonds. The first-order valence-electron chi connectivity index (χ1n) is 9.67. The molecule has 2 aliphatic heterocycles. The first-order valence-corrected chi connectivity index (χ1v) is 9.67. The number of nitrogens with one attached hydrogen (secondary N) is 1. The largest absolute Gasteiger partial charge is 0.351 e. The topological polar surface area (TPSA) is 67.9 Å². The molecule has 0 bridgehead atoms. The predicted molar refractivity (Wildman–Crippen MR) is 93.8 cm³/mol. The van der Waals surface area contributed by atoms with Crippen LogP contribution in [0.4, 0.5) is 0 Å². The summed E-state index contributed by atoms with van der Waals surface area (Å²) in [5.41, 5.74) is -0.197. The lowest BCUT2D eigenvalue weighted by molar-refractivity contribution is -0.188. The highest BCUT2D eigenvalue weighted by molar-refractivity contribution is 5.81. The number of nitrogens with zero attached hydrogens (tertiary/aromatic N) is 1. The summed E-state index contributed by atoms with van der Waals surface area (Å²) in [6.45, 7) is 8.75. The first-order chi connectivity index (χ1) is 11.8. The number of hydrogen-bond donors (Lipinski definition) is 1. The Morgan fingerprint density at radius 2 is 1.48 bits per heavy atom. The molecular weight excluding hydrogens is 320 g/mol. The number of piperidine rings is 1. The summed E-state index contributed by atoms with van der Waals surface area (Å²) >= 11 is 0. The molecule has 2 saturated heterocycles. The van der Waals surface area contributed by atoms with Crippen molar-refractivity contribution in [3.05, 3.63) is 0 Å². The van der Waals surface area contributed by atoms with Crippen molar-refractivity contribution < 1.29 is 19.1 Å². The summed E-state index contributed by atoms with van der Waals surface area (Å²) in [6, 6.07) is 0. The summed E-state index contributed by atoms with van der Waals surface area (Å²) < 4.78 is 11.5. The van der Waals surface area contributed by atoms with Crippen molar-refractivity contribution in [3.8, 4) is 0 Å². The number of carbonyl (C=O) groups is 2. The average Bonchev–Trinajstić information content (AvgIpc) is 3.02. The van der Waals surface area contributed by atoms with Gasteiger partial charge < -0.3 is 19.7 Å². The molecule has 6 nitrogen and oxygen atoms in total. The maximum Gasteiger partial charge on any atom is 0.225 e. The second kappa shape index (κ2) is 7.23. The number of hydrogen-bond acceptors (Lipinski definition) is 4. The van der Waals surface area contributed by atoms with Crippen LogP contribution < -0.4 is 5.32 Å². The van der Waals surface area contributed by atoms with E-state index in [4.69, 9.17) is 9.47 Å². The molecule has 0 unspecified atom stereocenters. The molecule has 0 radical (unpaired) electrons. The molecule has 3 fully saturated rings. The number of amides is 2. The number of ether oxygens (including phenoxy) is 2. The van der Waals surface area contributed by atoms with Gasteiger partial charge in [-0.2, -0.15) is 0 Å². The Kier molecular flexibility index (Phi) is 5.40. The molecule has 0 aromatic rings. The zero-order valence-corrected chi connectivity index (χ0v) is 15.8. The quantitative estimate of drug-likeness (QED) is 0.826. The molecule has 2 heterocycles. The molecule has 1 N–H and O–H groups in total. The zero-order chi connectivity index (χ0) is 18.1. The maximum atomic E-state index is 12.8. The van der Waals surface area contributed by atoms with E-state index in [0.717, 1.165) is 38.5 Å². The molecule has 3 aliphatic rings. The molecule has 1 aliphatic carbocycles. The van der Waals surface area contributed by atoms with E-state index in [1.54, 1.807) is 0 Å². The van der Waals surface area contributed by atoms with Gasteiger partial charge in [-0.1, -0.05) is 0 Å². The van der Waals surface area contributed by atoms with Gasteiger partial charge in [0.25, 0.3) is 0 Å². The molecular formula is C19H32N2O4. The van der Waals surface area contributed by atoms with Gasteiger partial charge in [-0.05, 0) is 46.5 Å². The highest BCUT2D eigenvalue weighted by Crippen LogP contribution is 2.34. The Balaban J connectivity index is 1.45. The number of carbonyl (C=O) groups excluding carboxylic acids is 2. The third-order valence-corrected chi connectivity index (χ3v) is 5.60. The van der Waals surface area contributed by atoms with Crippen LogP contribution in [0.1, 0.15) is 59.3 Å². The lowest BCUT2D eigenvalue weighted by Gasteiger charge is -2.39. The van der Waals surface area contributed by atoms with Crippen LogP contribution in [0.15, 0.2) is 0 Å². The normalized spacial score (nSPS) is 29.6. The van der Waals surface area contributed by atoms with Crippen molar-refractivity contribution in [2.75, 3.05) is 26.3 Å². The van der Waals surface area contributed by atoms with Crippen LogP contribution in [-0.2, 0) is 19.1 Å². The molecule has 3 rings (SSSR count). The Morgan fingerprint density at radius 1 is 0.960 bits per heavy atom. The second-order valence-electron chi connectivity index (χ2n) is 8.72. The fourth-order valence-electron chi connectivity index (χ4n) is 4.19. The van der Waals surface area contributed by atoms with E-state index in [9.17, 15) is 9.59 Å². The van der Waals surface area contributed by atoms with Gasteiger partial charge in [-0.15, -0.1) is 0 Å². The van der Waals surface area contributed by atoms with E-state index in [-0.39, 0.29) is 29.2 Å². The minimum atomic E-state index is -0.431. The smallest absolute Gasteiger partial charge is 0.225 e. The van der Waals surface area contributed by atoms with Crippen LogP contribution in [-0.4, -0.2) is 54.3 Å². The van der Waals surface area contributed by atoms with Crippen molar-refractivity contribution in [1.82, 2.24) is 10.2 Å². The van der Waals surface area contributed by atoms with E-state index in [0.29, 0.717) is 26.3 Å². The van der Waals surface area contributed by atoms with Gasteiger partial charge >= 0.3 is 0 Å². The van der Waals surface area contributed by atoms with Crippen molar-refractivity contribution in [2.24, 2.45) is 11.8 Å². The Labute approximate surface area is 150 Å². The van der Waals surface area contributed by atoms with E-state index >= 15 is 0 Å². The summed E-state index contributed by atoms with van der Waals surface area (Å²) in [6.07, 6.45) is 4.78. The van der Waals surface area contributed by atoms with Gasteiger partial charge in [-0.25, -0.2) is 0 Å². The first kappa shape index (κ1) is 18.6. The molecule has 25 heavy (non-hydrogen) atoms. The molecule has 0 aromatic carbocycles. The number of likely N-dealkylation sites (tertiary alicyclic amines) is 1. The van der Waals surface area contributed by atoms with Gasteiger partial charge in [0, 0.05) is 43.3 Å². The van der Waals surface area contributed by atoms with Crippen LogP contribution in [0.2, 0.25) is 0 Å². The van der Waals surface area contributed by atoms with Crippen molar-refractivity contribution in [2.45, 2.75) is 70.6 Å². The molecule has 0 atom stereocenters. The van der Waals surface area contributed by atoms with E-state index in [1.807, 2.05) is 25.7 Å². The lowest BCUT2D eigenvalue weighted by atomic mass is 9.80. The molecule has 1 saturated carbocycles. The van der Waals surface area contributed by atoms with Gasteiger partial charge in [0.2, 0.25) is 11.8 Å². The van der Waals surface area contributed by atoms with E-state index in [1.165, 1.54) is 0 Å². The Morgan fingerprint density at radius 3 is 2.00 bits per heavy atom. The van der Waals surface area contributed by atoms with Crippen LogP contribution >= 0.6 is 0 Å². The molecule has 142 valence electrons. The van der Waals surface area contributed by atoms with E-state index < -0.39 is 5.79 Å². The third-order valence-electron chi connectivity index (χ3n) is 5.60. The Bertz CT molecular complexity index is 490. The van der Waals surface area contributed by atoms with Crippen molar-refractivity contribution in [3.63, 3.8) is 0 Å². The second-order valence-corrected chi connectivity index (χ2v) is 8.72. The average molecular weight is 352 g/mol. The monoisotopic (exact) mass is 352 g/mol. The highest BCUT2D eigenvalue weighted by Gasteiger charge is 2.42. The number of rotatable bonds is 2. The van der Waals surface area contributed by atoms with Crippen LogP contribution in [0, 0.1) is 11.8 Å². The van der Waals surface area contributed by atoms with Gasteiger partial charge in [0.05, 0.1) is 13.2 Å². The van der Waals surface area contributed by atoms with Gasteiger partial charge in [-0.3, -0.25) is 9.59 Å². The fourth-order valence-corrected chi connectivity index (χ4v) is 4.19. The van der Waals surface area contributed by atoms with Gasteiger partial charge in [0.1, 0.15) is 0 Å². The third kappa shape index (κ3) is 4.53. The Hall–Kier alpha value is -1.14. The fraction of sp³-hybridized carbons (Fsp3) is 0.895. The summed E-state index contributed by atoms with van der Waals surface area (Å²) in [7, 11) is 0. The van der Waals surface area contributed by atoms with Crippen LogP contribution in [0.3, 0.4) is 0 Å². The highest BCUT2D eigenvalue weighted by atomic mass is 16.7. The lowest BCUT2D eigenvalue weighted by Crippen LogP contribution is -2.49. The van der Waals surface area contributed by atoms with Crippen molar-refractivity contribution >= 4 is 11.8 Å². The standard InChI is InChI=1S/C19H32N2O4/c1-18(2,3)20-16(22)14-4-6-15(7-5-14)17(23)21-10-8-19(9-11-21)24-12-13-25-19/h14-15H,4-13H2,1-3H3,(H,20,22). The predicted octanol–water partition coefficient (Wildman–Crippen LogP) is 2.07. The summed E-state index contributed by atoms with van der Waals surface area (Å²) in [5, 5.41) is 3.06. The minimum Gasteiger partial charge on any atom is -0.351 e. The maximum absolute atomic E-state index is 12.8. The zero-order valence-electron chi connectivity index (χ0n) is 15.8. The minimum absolute atomic E-state index is 0.0492. The summed E-state index contributed by atoms with van der Waals surface area (Å²) in [4.78, 5) is 27.1. The van der Waals surface area contributed by atoms with Crippen LogP contribution in [0.25, 0.3) is 0 Å².